The molecule has 10 rings (SSSR count). The molecule has 1 aliphatic rings. The number of hydrogen-bond acceptors (Lipinski definition) is 2. The van der Waals surface area contributed by atoms with Crippen LogP contribution in [-0.4, -0.2) is 9.97 Å². The van der Waals surface area contributed by atoms with Gasteiger partial charge in [0.1, 0.15) is 0 Å². The van der Waals surface area contributed by atoms with Gasteiger partial charge in [0.2, 0.25) is 0 Å². The molecule has 0 saturated heterocycles. The van der Waals surface area contributed by atoms with Crippen molar-refractivity contribution in [2.75, 3.05) is 0 Å². The van der Waals surface area contributed by atoms with Gasteiger partial charge in [-0.15, -0.1) is 0 Å². The summed E-state index contributed by atoms with van der Waals surface area (Å²) in [5.74, 6) is 0.712. The Morgan fingerprint density at radius 3 is 1.75 bits per heavy atom. The van der Waals surface area contributed by atoms with Crippen molar-refractivity contribution in [2.24, 2.45) is 0 Å². The summed E-state index contributed by atoms with van der Waals surface area (Å²) < 4.78 is 0. The Morgan fingerprint density at radius 1 is 0.358 bits per heavy atom. The van der Waals surface area contributed by atoms with Gasteiger partial charge in [-0.3, -0.25) is 0 Å². The minimum atomic E-state index is -0.0596. The predicted octanol–water partition coefficient (Wildman–Crippen LogP) is 13.4. The van der Waals surface area contributed by atoms with Gasteiger partial charge in [-0.05, 0) is 72.1 Å². The largest absolute Gasteiger partial charge is 0.228 e. The average molecular weight is 677 g/mol. The molecule has 1 aliphatic carbocycles. The SMILES string of the molecule is CC1(C)c2ccccc2-c2c(-c3ccc(-c4cc(-c5ccc(-c6cccc7ccccc67)cc5)nc(-c5ccccc5)n4)c4ccccc34)cccc21. The third-order valence-corrected chi connectivity index (χ3v) is 11.1. The van der Waals surface area contributed by atoms with E-state index in [9.17, 15) is 0 Å². The van der Waals surface area contributed by atoms with E-state index in [1.54, 1.807) is 0 Å². The van der Waals surface area contributed by atoms with Crippen LogP contribution in [0.15, 0.2) is 182 Å². The first-order chi connectivity index (χ1) is 26.0. The summed E-state index contributed by atoms with van der Waals surface area (Å²) in [5, 5.41) is 4.87. The quantitative estimate of drug-likeness (QED) is 0.181. The normalized spacial score (nSPS) is 12.9. The van der Waals surface area contributed by atoms with E-state index in [0.717, 1.165) is 28.1 Å². The smallest absolute Gasteiger partial charge is 0.160 e. The second-order valence-electron chi connectivity index (χ2n) is 14.5. The molecule has 0 N–H and O–H groups in total. The zero-order valence-corrected chi connectivity index (χ0v) is 29.7. The maximum atomic E-state index is 5.25. The lowest BCUT2D eigenvalue weighted by atomic mass is 9.81. The van der Waals surface area contributed by atoms with Gasteiger partial charge >= 0.3 is 0 Å². The highest BCUT2D eigenvalue weighted by atomic mass is 14.9. The van der Waals surface area contributed by atoms with Crippen LogP contribution in [0.5, 0.6) is 0 Å². The van der Waals surface area contributed by atoms with E-state index in [2.05, 4.69) is 178 Å². The lowest BCUT2D eigenvalue weighted by molar-refractivity contribution is 0.660. The number of hydrogen-bond donors (Lipinski definition) is 0. The lowest BCUT2D eigenvalue weighted by Crippen LogP contribution is -2.14. The third kappa shape index (κ3) is 5.10. The highest BCUT2D eigenvalue weighted by Gasteiger charge is 2.36. The molecule has 1 aromatic heterocycles. The minimum absolute atomic E-state index is 0.0596. The summed E-state index contributed by atoms with van der Waals surface area (Å²) in [6.45, 7) is 4.69. The summed E-state index contributed by atoms with van der Waals surface area (Å²) in [7, 11) is 0. The Morgan fingerprint density at radius 2 is 0.925 bits per heavy atom. The number of fused-ring (bicyclic) bond motifs is 5. The number of rotatable bonds is 5. The molecular weight excluding hydrogens is 641 g/mol. The third-order valence-electron chi connectivity index (χ3n) is 11.1. The molecule has 53 heavy (non-hydrogen) atoms. The van der Waals surface area contributed by atoms with Crippen molar-refractivity contribution in [2.45, 2.75) is 19.3 Å². The highest BCUT2D eigenvalue weighted by molar-refractivity contribution is 6.08. The van der Waals surface area contributed by atoms with Gasteiger partial charge in [0.05, 0.1) is 11.4 Å². The van der Waals surface area contributed by atoms with Crippen molar-refractivity contribution >= 4 is 21.5 Å². The fourth-order valence-corrected chi connectivity index (χ4v) is 8.48. The topological polar surface area (TPSA) is 25.8 Å². The number of benzene rings is 8. The Balaban J connectivity index is 1.13. The number of nitrogens with zero attached hydrogens (tertiary/aromatic N) is 2. The molecule has 250 valence electrons. The Hall–Kier alpha value is -6.64. The van der Waals surface area contributed by atoms with Crippen molar-refractivity contribution in [1.82, 2.24) is 9.97 Å². The van der Waals surface area contributed by atoms with Crippen molar-refractivity contribution in [3.63, 3.8) is 0 Å². The molecule has 9 aromatic rings. The molecule has 2 heteroatoms. The zero-order valence-electron chi connectivity index (χ0n) is 29.7. The van der Waals surface area contributed by atoms with Crippen LogP contribution in [0.3, 0.4) is 0 Å². The standard InChI is InChI=1S/C51H36N2/c1-51(2)45-24-11-10-21-44(45)49-43(23-13-25-46(49)51)41-30-31-42(40-20-9-8-19-39(40)41)48-32-47(52-50(53-48)36-15-4-3-5-16-36)35-28-26-34(27-29-35)38-22-12-17-33-14-6-7-18-37(33)38/h3-32H,1-2H3. The summed E-state index contributed by atoms with van der Waals surface area (Å²) in [6, 6.07) is 65.4. The summed E-state index contributed by atoms with van der Waals surface area (Å²) in [5.41, 5.74) is 15.2. The minimum Gasteiger partial charge on any atom is -0.228 e. The fourth-order valence-electron chi connectivity index (χ4n) is 8.48. The Kier molecular flexibility index (Phi) is 7.19. The monoisotopic (exact) mass is 676 g/mol. The molecule has 0 atom stereocenters. The van der Waals surface area contributed by atoms with Crippen molar-refractivity contribution in [1.29, 1.82) is 0 Å². The van der Waals surface area contributed by atoms with Crippen LogP contribution >= 0.6 is 0 Å². The van der Waals surface area contributed by atoms with E-state index in [-0.39, 0.29) is 5.41 Å². The lowest BCUT2D eigenvalue weighted by Gasteiger charge is -2.22. The van der Waals surface area contributed by atoms with E-state index in [1.807, 2.05) is 18.2 Å². The predicted molar refractivity (Wildman–Crippen MR) is 222 cm³/mol. The molecule has 0 unspecified atom stereocenters. The zero-order chi connectivity index (χ0) is 35.5. The van der Waals surface area contributed by atoms with E-state index < -0.39 is 0 Å². The molecule has 0 bridgehead atoms. The van der Waals surface area contributed by atoms with Crippen LogP contribution in [0.4, 0.5) is 0 Å². The van der Waals surface area contributed by atoms with E-state index in [0.29, 0.717) is 5.82 Å². The molecule has 1 heterocycles. The van der Waals surface area contributed by atoms with Gasteiger partial charge in [-0.1, -0.05) is 190 Å². The van der Waals surface area contributed by atoms with E-state index in [1.165, 1.54) is 66.1 Å². The summed E-state index contributed by atoms with van der Waals surface area (Å²) >= 11 is 0. The molecule has 0 spiro atoms. The second-order valence-corrected chi connectivity index (χ2v) is 14.5. The van der Waals surface area contributed by atoms with E-state index in [4.69, 9.17) is 9.97 Å². The highest BCUT2D eigenvalue weighted by Crippen LogP contribution is 2.53. The Labute approximate surface area is 310 Å². The molecule has 0 radical (unpaired) electrons. The first-order valence-corrected chi connectivity index (χ1v) is 18.3. The van der Waals surface area contributed by atoms with Crippen molar-refractivity contribution in [3.8, 4) is 67.3 Å². The van der Waals surface area contributed by atoms with Crippen molar-refractivity contribution in [3.05, 3.63) is 193 Å². The maximum absolute atomic E-state index is 5.25. The first kappa shape index (κ1) is 31.1. The van der Waals surface area contributed by atoms with Crippen LogP contribution in [0.25, 0.3) is 88.8 Å². The van der Waals surface area contributed by atoms with Crippen LogP contribution in [0, 0.1) is 0 Å². The van der Waals surface area contributed by atoms with Gasteiger partial charge < -0.3 is 0 Å². The first-order valence-electron chi connectivity index (χ1n) is 18.3. The number of aromatic nitrogens is 2. The van der Waals surface area contributed by atoms with Gasteiger partial charge in [-0.2, -0.15) is 0 Å². The van der Waals surface area contributed by atoms with Gasteiger partial charge in [0, 0.05) is 22.1 Å². The average Bonchev–Trinajstić information content (AvgIpc) is 3.46. The summed E-state index contributed by atoms with van der Waals surface area (Å²) in [4.78, 5) is 10.4. The van der Waals surface area contributed by atoms with Crippen LogP contribution in [0.2, 0.25) is 0 Å². The Bertz CT molecular complexity index is 2840. The molecule has 2 nitrogen and oxygen atoms in total. The molecular formula is C51H36N2. The van der Waals surface area contributed by atoms with Gasteiger partial charge in [0.15, 0.2) is 5.82 Å². The second kappa shape index (κ2) is 12.3. The fraction of sp³-hybridized carbons (Fsp3) is 0.0588. The van der Waals surface area contributed by atoms with Gasteiger partial charge in [-0.25, -0.2) is 9.97 Å². The van der Waals surface area contributed by atoms with Gasteiger partial charge in [0.25, 0.3) is 0 Å². The molecule has 0 saturated carbocycles. The maximum Gasteiger partial charge on any atom is 0.160 e. The molecule has 0 fully saturated rings. The summed E-state index contributed by atoms with van der Waals surface area (Å²) in [6.07, 6.45) is 0. The van der Waals surface area contributed by atoms with Crippen LogP contribution in [-0.2, 0) is 5.41 Å². The van der Waals surface area contributed by atoms with Crippen LogP contribution in [0.1, 0.15) is 25.0 Å². The van der Waals surface area contributed by atoms with Crippen molar-refractivity contribution < 1.29 is 0 Å². The van der Waals surface area contributed by atoms with E-state index >= 15 is 0 Å². The molecule has 0 amide bonds. The van der Waals surface area contributed by atoms with Crippen LogP contribution < -0.4 is 0 Å². The molecule has 8 aromatic carbocycles. The molecule has 0 aliphatic heterocycles.